The van der Waals surface area contributed by atoms with Gasteiger partial charge in [0.2, 0.25) is 0 Å². The Labute approximate surface area is 212 Å². The molecule has 1 unspecified atom stereocenters. The second-order valence-electron chi connectivity index (χ2n) is 10.7. The molecule has 2 heterocycles. The lowest BCUT2D eigenvalue weighted by molar-refractivity contribution is -0.175. The van der Waals surface area contributed by atoms with E-state index in [1.54, 1.807) is 6.08 Å². The van der Waals surface area contributed by atoms with Crippen LogP contribution in [0.1, 0.15) is 41.5 Å². The maximum Gasteiger partial charge on any atom is 0.392 e. The molecule has 2 aromatic carbocycles. The smallest absolute Gasteiger partial charge is 0.390 e. The lowest BCUT2D eigenvalue weighted by atomic mass is 9.86. The first-order valence-electron chi connectivity index (χ1n) is 13.1. The normalized spacial score (nSPS) is 22.4. The van der Waals surface area contributed by atoms with Gasteiger partial charge in [-0.05, 0) is 59.6 Å². The van der Waals surface area contributed by atoms with Gasteiger partial charge in [-0.2, -0.15) is 13.2 Å². The molecule has 0 bridgehead atoms. The number of aliphatic hydroxyl groups is 1. The third-order valence-electron chi connectivity index (χ3n) is 8.03. The minimum absolute atomic E-state index is 0.0695. The van der Waals surface area contributed by atoms with Crippen LogP contribution in [0, 0.1) is 5.92 Å². The van der Waals surface area contributed by atoms with Gasteiger partial charge in [-0.25, -0.2) is 0 Å². The molecule has 0 fully saturated rings. The molecule has 1 aliphatic carbocycles. The van der Waals surface area contributed by atoms with Gasteiger partial charge in [0.15, 0.2) is 0 Å². The summed E-state index contributed by atoms with van der Waals surface area (Å²) in [4.78, 5) is 6.89. The summed E-state index contributed by atoms with van der Waals surface area (Å²) in [6.07, 6.45) is -1.02. The number of aliphatic hydroxyl groups excluding tert-OH is 1. The van der Waals surface area contributed by atoms with Crippen LogP contribution in [-0.4, -0.2) is 67.0 Å². The molecule has 1 N–H and O–H groups in total. The fraction of sp³-hybridized carbons (Fsp3) is 0.517. The molecule has 7 heteroatoms. The zero-order valence-electron chi connectivity index (χ0n) is 21.0. The molecule has 0 amide bonds. The lowest BCUT2D eigenvalue weighted by Gasteiger charge is -2.32. The van der Waals surface area contributed by atoms with Gasteiger partial charge in [-0.3, -0.25) is 9.80 Å². The van der Waals surface area contributed by atoms with E-state index in [0.29, 0.717) is 19.5 Å². The van der Waals surface area contributed by atoms with Crippen LogP contribution in [-0.2, 0) is 19.5 Å². The largest absolute Gasteiger partial charge is 0.392 e. The number of hydrogen-bond donors (Lipinski definition) is 1. The number of hydrogen-bond acceptors (Lipinski definition) is 4. The van der Waals surface area contributed by atoms with Crippen LogP contribution in [0.25, 0.3) is 5.57 Å². The van der Waals surface area contributed by atoms with Crippen LogP contribution >= 0.6 is 0 Å². The number of nitrogens with zero attached hydrogens (tertiary/aromatic N) is 3. The molecule has 2 atom stereocenters. The van der Waals surface area contributed by atoms with Crippen molar-refractivity contribution >= 4 is 11.3 Å². The summed E-state index contributed by atoms with van der Waals surface area (Å²) in [5.74, 6) is -1.22. The molecule has 0 saturated heterocycles. The summed E-state index contributed by atoms with van der Waals surface area (Å²) in [6, 6.07) is 14.9. The number of rotatable bonds is 5. The molecule has 2 aliphatic heterocycles. The Morgan fingerprint density at radius 2 is 1.64 bits per heavy atom. The maximum atomic E-state index is 13.0. The highest BCUT2D eigenvalue weighted by molar-refractivity contribution is 5.71. The van der Waals surface area contributed by atoms with E-state index in [-0.39, 0.29) is 12.8 Å². The highest BCUT2D eigenvalue weighted by Crippen LogP contribution is 2.40. The minimum Gasteiger partial charge on any atom is -0.390 e. The van der Waals surface area contributed by atoms with Crippen molar-refractivity contribution in [3.8, 4) is 0 Å². The Bertz CT molecular complexity index is 1100. The number of alkyl halides is 3. The fourth-order valence-electron chi connectivity index (χ4n) is 5.90. The maximum absolute atomic E-state index is 13.0. The monoisotopic (exact) mass is 499 g/mol. The van der Waals surface area contributed by atoms with Gasteiger partial charge in [0.1, 0.15) is 0 Å². The van der Waals surface area contributed by atoms with Crippen molar-refractivity contribution in [1.82, 2.24) is 9.80 Å². The quantitative estimate of drug-likeness (QED) is 0.620. The number of β-amino-alcohol motifs (C(OH)–C–C–N with tert-alkyl or cyclic N) is 1. The number of fused-ring (bicyclic) bond motifs is 2. The van der Waals surface area contributed by atoms with E-state index in [1.807, 2.05) is 0 Å². The summed E-state index contributed by atoms with van der Waals surface area (Å²) in [6.45, 7) is 5.61. The van der Waals surface area contributed by atoms with Gasteiger partial charge in [-0.1, -0.05) is 42.5 Å². The lowest BCUT2D eigenvalue weighted by Crippen LogP contribution is -2.42. The van der Waals surface area contributed by atoms with Crippen LogP contribution in [0.4, 0.5) is 18.9 Å². The summed E-state index contributed by atoms with van der Waals surface area (Å²) in [5, 5.41) is 10.9. The van der Waals surface area contributed by atoms with Crippen LogP contribution in [0.5, 0.6) is 0 Å². The molecule has 194 valence electrons. The zero-order chi connectivity index (χ0) is 25.3. The number of anilines is 1. The van der Waals surface area contributed by atoms with Crippen molar-refractivity contribution in [3.63, 3.8) is 0 Å². The van der Waals surface area contributed by atoms with Gasteiger partial charge >= 0.3 is 6.18 Å². The molecular formula is C29H36F3N3O. The van der Waals surface area contributed by atoms with Crippen molar-refractivity contribution in [1.29, 1.82) is 0 Å². The van der Waals surface area contributed by atoms with Crippen LogP contribution in [0.2, 0.25) is 0 Å². The predicted octanol–water partition coefficient (Wildman–Crippen LogP) is 5.10. The Hall–Kier alpha value is -2.35. The van der Waals surface area contributed by atoms with Crippen molar-refractivity contribution in [2.75, 3.05) is 44.7 Å². The molecule has 4 nitrogen and oxygen atoms in total. The van der Waals surface area contributed by atoms with Gasteiger partial charge in [0.05, 0.1) is 12.0 Å². The molecule has 36 heavy (non-hydrogen) atoms. The average Bonchev–Trinajstić information content (AvgIpc) is 3.01. The third kappa shape index (κ3) is 5.79. The van der Waals surface area contributed by atoms with E-state index in [2.05, 4.69) is 64.2 Å². The Balaban J connectivity index is 1.21. The molecule has 0 saturated carbocycles. The first kappa shape index (κ1) is 25.3. The van der Waals surface area contributed by atoms with Crippen molar-refractivity contribution in [2.45, 2.75) is 51.1 Å². The van der Waals surface area contributed by atoms with Crippen molar-refractivity contribution in [2.24, 2.45) is 5.92 Å². The average molecular weight is 500 g/mol. The van der Waals surface area contributed by atoms with E-state index in [0.717, 1.165) is 56.0 Å². The van der Waals surface area contributed by atoms with Crippen LogP contribution < -0.4 is 4.90 Å². The molecular weight excluding hydrogens is 463 g/mol. The Morgan fingerprint density at radius 1 is 0.917 bits per heavy atom. The van der Waals surface area contributed by atoms with Crippen LogP contribution in [0.3, 0.4) is 0 Å². The Morgan fingerprint density at radius 3 is 2.36 bits per heavy atom. The van der Waals surface area contributed by atoms with E-state index >= 15 is 0 Å². The van der Waals surface area contributed by atoms with E-state index in [9.17, 15) is 18.3 Å². The summed E-state index contributed by atoms with van der Waals surface area (Å²) in [5.41, 5.74) is 7.16. The highest BCUT2D eigenvalue weighted by Gasteiger charge is 2.39. The SMILES string of the molecule is CN1CCN(C[C@H](O)CN2CCc3ccccc3C2)Cc2ccc(C3=CCC(C(F)(F)F)CC3)cc21. The van der Waals surface area contributed by atoms with Gasteiger partial charge in [0, 0.05) is 58.5 Å². The molecule has 0 aromatic heterocycles. The van der Waals surface area contributed by atoms with Gasteiger partial charge < -0.3 is 10.0 Å². The van der Waals surface area contributed by atoms with Gasteiger partial charge in [0.25, 0.3) is 0 Å². The van der Waals surface area contributed by atoms with E-state index < -0.39 is 18.2 Å². The first-order chi connectivity index (χ1) is 17.3. The Kier molecular flexibility index (Phi) is 7.42. The fourth-order valence-corrected chi connectivity index (χ4v) is 5.90. The number of allylic oxidation sites excluding steroid dienone is 2. The summed E-state index contributed by atoms with van der Waals surface area (Å²) in [7, 11) is 2.07. The third-order valence-corrected chi connectivity index (χ3v) is 8.03. The van der Waals surface area contributed by atoms with Gasteiger partial charge in [-0.15, -0.1) is 0 Å². The second kappa shape index (κ2) is 10.6. The van der Waals surface area contributed by atoms with E-state index in [1.165, 1.54) is 16.7 Å². The van der Waals surface area contributed by atoms with Crippen molar-refractivity contribution in [3.05, 3.63) is 70.8 Å². The topological polar surface area (TPSA) is 30.0 Å². The predicted molar refractivity (Wildman–Crippen MR) is 138 cm³/mol. The standard InChI is InChI=1S/C29H36F3N3O/c1-33-14-15-35(20-27(36)19-34-13-12-21-4-2-3-5-24(21)17-34)18-25-7-6-23(16-28(25)33)22-8-10-26(11-9-22)29(30,31)32/h2-8,16,26-27,36H,9-15,17-20H2,1H3/t26?,27-/m1/s1. The second-order valence-corrected chi connectivity index (χ2v) is 10.7. The summed E-state index contributed by atoms with van der Waals surface area (Å²) < 4.78 is 39.1. The molecule has 5 rings (SSSR count). The summed E-state index contributed by atoms with van der Waals surface area (Å²) >= 11 is 0. The zero-order valence-corrected chi connectivity index (χ0v) is 21.0. The minimum atomic E-state index is -4.11. The molecule has 2 aromatic rings. The molecule has 0 radical (unpaired) electrons. The highest BCUT2D eigenvalue weighted by atomic mass is 19.4. The molecule has 0 spiro atoms. The number of benzene rings is 2. The first-order valence-corrected chi connectivity index (χ1v) is 13.1. The molecule has 3 aliphatic rings. The van der Waals surface area contributed by atoms with Crippen LogP contribution in [0.15, 0.2) is 48.5 Å². The number of likely N-dealkylation sites (N-methyl/N-ethyl adjacent to an activating group) is 1. The number of halogens is 3. The van der Waals surface area contributed by atoms with E-state index in [4.69, 9.17) is 0 Å². The van der Waals surface area contributed by atoms with Crippen molar-refractivity contribution < 1.29 is 18.3 Å².